The van der Waals surface area contributed by atoms with Crippen molar-refractivity contribution in [1.29, 1.82) is 0 Å². The molecule has 0 aromatic heterocycles. The molecule has 1 atom stereocenters. The molecule has 0 aliphatic rings. The molecule has 0 fully saturated rings. The average molecular weight is 311 g/mol. The molecule has 0 saturated carbocycles. The van der Waals surface area contributed by atoms with Gasteiger partial charge < -0.3 is 5.11 Å². The van der Waals surface area contributed by atoms with Crippen molar-refractivity contribution in [1.82, 2.24) is 0 Å². The molecule has 4 heteroatoms. The van der Waals surface area contributed by atoms with Gasteiger partial charge in [-0.25, -0.2) is 0 Å². The third-order valence-corrected chi connectivity index (χ3v) is 4.95. The summed E-state index contributed by atoms with van der Waals surface area (Å²) in [6.07, 6.45) is -0.325. The van der Waals surface area contributed by atoms with Crippen LogP contribution in [0.15, 0.2) is 64.4 Å². The van der Waals surface area contributed by atoms with Crippen molar-refractivity contribution in [2.45, 2.75) is 15.9 Å². The zero-order valence-corrected chi connectivity index (χ0v) is 12.7. The second kappa shape index (κ2) is 7.85. The first-order chi connectivity index (χ1) is 9.24. The van der Waals surface area contributed by atoms with E-state index in [1.165, 1.54) is 4.90 Å². The number of hydrogen-bond acceptors (Lipinski definition) is 3. The molecule has 0 heterocycles. The lowest BCUT2D eigenvalue weighted by molar-refractivity contribution is 0.225. The predicted molar refractivity (Wildman–Crippen MR) is 85.3 cm³/mol. The molecule has 100 valence electrons. The molecule has 2 aromatic carbocycles. The van der Waals surface area contributed by atoms with E-state index in [-0.39, 0.29) is 6.10 Å². The lowest BCUT2D eigenvalue weighted by atomic mass is 10.4. The van der Waals surface area contributed by atoms with E-state index >= 15 is 0 Å². The molecule has 0 saturated heterocycles. The van der Waals surface area contributed by atoms with Gasteiger partial charge in [0.05, 0.1) is 6.10 Å². The lowest BCUT2D eigenvalue weighted by Crippen LogP contribution is -2.12. The minimum atomic E-state index is -0.325. The highest BCUT2D eigenvalue weighted by atomic mass is 35.5. The predicted octanol–water partition coefficient (Wildman–Crippen LogP) is 4.59. The Labute approximate surface area is 127 Å². The van der Waals surface area contributed by atoms with Crippen molar-refractivity contribution in [3.05, 3.63) is 59.6 Å². The van der Waals surface area contributed by atoms with Gasteiger partial charge in [-0.2, -0.15) is 0 Å². The largest absolute Gasteiger partial charge is 0.391 e. The normalized spacial score (nSPS) is 12.3. The van der Waals surface area contributed by atoms with Crippen molar-refractivity contribution < 1.29 is 5.11 Å². The second-order valence-electron chi connectivity index (χ2n) is 4.05. The van der Waals surface area contributed by atoms with Gasteiger partial charge in [0.15, 0.2) is 0 Å². The average Bonchev–Trinajstić information content (AvgIpc) is 2.44. The summed E-state index contributed by atoms with van der Waals surface area (Å²) in [5, 5.41) is 10.7. The second-order valence-corrected chi connectivity index (χ2v) is 6.67. The fourth-order valence-electron chi connectivity index (χ4n) is 1.51. The Hall–Kier alpha value is -0.610. The van der Waals surface area contributed by atoms with E-state index in [0.717, 1.165) is 9.92 Å². The van der Waals surface area contributed by atoms with Crippen molar-refractivity contribution >= 4 is 35.1 Å². The van der Waals surface area contributed by atoms with Crippen LogP contribution in [-0.2, 0) is 0 Å². The molecule has 0 aliphatic carbocycles. The number of thioether (sulfide) groups is 2. The van der Waals surface area contributed by atoms with Crippen LogP contribution in [0.25, 0.3) is 0 Å². The van der Waals surface area contributed by atoms with E-state index in [2.05, 4.69) is 12.1 Å². The Morgan fingerprint density at radius 2 is 1.53 bits per heavy atom. The maximum absolute atomic E-state index is 9.97. The van der Waals surface area contributed by atoms with Crippen LogP contribution in [0.3, 0.4) is 0 Å². The van der Waals surface area contributed by atoms with Crippen molar-refractivity contribution in [2.75, 3.05) is 11.5 Å². The van der Waals surface area contributed by atoms with Crippen LogP contribution in [0.1, 0.15) is 0 Å². The Kier molecular flexibility index (Phi) is 6.11. The summed E-state index contributed by atoms with van der Waals surface area (Å²) in [7, 11) is 0. The molecule has 19 heavy (non-hydrogen) atoms. The molecule has 1 unspecified atom stereocenters. The summed E-state index contributed by atoms with van der Waals surface area (Å²) in [5.41, 5.74) is 0. The summed E-state index contributed by atoms with van der Waals surface area (Å²) in [4.78, 5) is 2.28. The maximum Gasteiger partial charge on any atom is 0.0727 e. The molecular weight excluding hydrogens is 296 g/mol. The van der Waals surface area contributed by atoms with E-state index in [1.807, 2.05) is 42.5 Å². The van der Waals surface area contributed by atoms with Gasteiger partial charge in [-0.05, 0) is 30.3 Å². The lowest BCUT2D eigenvalue weighted by Gasteiger charge is -2.10. The fourth-order valence-corrected chi connectivity index (χ4v) is 3.65. The number of benzene rings is 2. The van der Waals surface area contributed by atoms with Gasteiger partial charge in [-0.15, -0.1) is 23.5 Å². The molecule has 0 spiro atoms. The van der Waals surface area contributed by atoms with E-state index in [1.54, 1.807) is 23.5 Å². The zero-order chi connectivity index (χ0) is 13.5. The summed E-state index contributed by atoms with van der Waals surface area (Å²) in [6, 6.07) is 17.8. The summed E-state index contributed by atoms with van der Waals surface area (Å²) in [5.74, 6) is 1.39. The van der Waals surface area contributed by atoms with Crippen LogP contribution in [-0.4, -0.2) is 22.7 Å². The van der Waals surface area contributed by atoms with Crippen molar-refractivity contribution in [2.24, 2.45) is 0 Å². The zero-order valence-electron chi connectivity index (χ0n) is 10.3. The first kappa shape index (κ1) is 14.8. The molecule has 0 radical (unpaired) electrons. The summed E-state index contributed by atoms with van der Waals surface area (Å²) in [6.45, 7) is 0. The summed E-state index contributed by atoms with van der Waals surface area (Å²) < 4.78 is 0. The number of aliphatic hydroxyl groups is 1. The minimum absolute atomic E-state index is 0.325. The smallest absolute Gasteiger partial charge is 0.0727 e. The van der Waals surface area contributed by atoms with Crippen LogP contribution < -0.4 is 0 Å². The Morgan fingerprint density at radius 1 is 0.895 bits per heavy atom. The monoisotopic (exact) mass is 310 g/mol. The first-order valence-electron chi connectivity index (χ1n) is 5.98. The van der Waals surface area contributed by atoms with Crippen LogP contribution >= 0.6 is 35.1 Å². The third-order valence-electron chi connectivity index (χ3n) is 2.42. The van der Waals surface area contributed by atoms with Gasteiger partial charge in [0.25, 0.3) is 0 Å². The third kappa shape index (κ3) is 5.49. The highest BCUT2D eigenvalue weighted by Crippen LogP contribution is 2.24. The van der Waals surface area contributed by atoms with E-state index < -0.39 is 0 Å². The molecule has 1 nitrogen and oxygen atoms in total. The molecular formula is C15H15ClOS2. The van der Waals surface area contributed by atoms with Gasteiger partial charge >= 0.3 is 0 Å². The van der Waals surface area contributed by atoms with Gasteiger partial charge in [-0.1, -0.05) is 35.9 Å². The molecule has 0 aliphatic heterocycles. The SMILES string of the molecule is OC(CSc1ccccc1)CSc1cccc(Cl)c1. The molecule has 0 amide bonds. The molecule has 2 aromatic rings. The van der Waals surface area contributed by atoms with Crippen LogP contribution in [0, 0.1) is 0 Å². The van der Waals surface area contributed by atoms with Gasteiger partial charge in [0.1, 0.15) is 0 Å². The van der Waals surface area contributed by atoms with E-state index in [0.29, 0.717) is 11.5 Å². The highest BCUT2D eigenvalue weighted by Gasteiger charge is 2.06. The minimum Gasteiger partial charge on any atom is -0.391 e. The van der Waals surface area contributed by atoms with Gasteiger partial charge in [0.2, 0.25) is 0 Å². The van der Waals surface area contributed by atoms with Gasteiger partial charge in [0, 0.05) is 26.3 Å². The number of aliphatic hydroxyl groups excluding tert-OH is 1. The summed E-state index contributed by atoms with van der Waals surface area (Å²) >= 11 is 9.23. The molecule has 0 bridgehead atoms. The van der Waals surface area contributed by atoms with Crippen molar-refractivity contribution in [3.8, 4) is 0 Å². The van der Waals surface area contributed by atoms with Gasteiger partial charge in [-0.3, -0.25) is 0 Å². The van der Waals surface area contributed by atoms with E-state index in [4.69, 9.17) is 11.6 Å². The van der Waals surface area contributed by atoms with Crippen LogP contribution in [0.2, 0.25) is 5.02 Å². The topological polar surface area (TPSA) is 20.2 Å². The van der Waals surface area contributed by atoms with E-state index in [9.17, 15) is 5.11 Å². The number of hydrogen-bond donors (Lipinski definition) is 1. The quantitative estimate of drug-likeness (QED) is 0.788. The Morgan fingerprint density at radius 3 is 2.21 bits per heavy atom. The highest BCUT2D eigenvalue weighted by molar-refractivity contribution is 8.00. The number of rotatable bonds is 6. The standard InChI is InChI=1S/C15H15ClOS2/c16-12-5-4-8-15(9-12)19-11-13(17)10-18-14-6-2-1-3-7-14/h1-9,13,17H,10-11H2. The molecule has 2 rings (SSSR count). The molecule has 1 N–H and O–H groups in total. The first-order valence-corrected chi connectivity index (χ1v) is 8.33. The maximum atomic E-state index is 9.97. The van der Waals surface area contributed by atoms with Crippen molar-refractivity contribution in [3.63, 3.8) is 0 Å². The Bertz CT molecular complexity index is 505. The fraction of sp³-hybridized carbons (Fsp3) is 0.200. The number of halogens is 1. The van der Waals surface area contributed by atoms with Crippen LogP contribution in [0.4, 0.5) is 0 Å². The van der Waals surface area contributed by atoms with Crippen LogP contribution in [0.5, 0.6) is 0 Å². The Balaban J connectivity index is 1.74.